The van der Waals surface area contributed by atoms with Crippen molar-refractivity contribution in [3.05, 3.63) is 29.3 Å². The molecule has 3 rings (SSSR count). The first kappa shape index (κ1) is 34.5. The molecule has 4 N–H and O–H groups in total. The Morgan fingerprint density at radius 1 is 0.897 bits per heavy atom. The van der Waals surface area contributed by atoms with E-state index in [1.807, 2.05) is 27.7 Å². The smallest absolute Gasteiger partial charge is 0.343 e. The van der Waals surface area contributed by atoms with Gasteiger partial charge >= 0.3 is 18.4 Å². The first-order valence-corrected chi connectivity index (χ1v) is 13.7. The van der Waals surface area contributed by atoms with E-state index in [9.17, 15) is 35.9 Å². The van der Waals surface area contributed by atoms with Crippen molar-refractivity contribution in [2.75, 3.05) is 25.0 Å². The van der Waals surface area contributed by atoms with Gasteiger partial charge in [0.25, 0.3) is 0 Å². The van der Waals surface area contributed by atoms with Gasteiger partial charge in [-0.2, -0.15) is 26.3 Å². The van der Waals surface area contributed by atoms with Crippen molar-refractivity contribution in [1.82, 2.24) is 10.2 Å². The van der Waals surface area contributed by atoms with Gasteiger partial charge in [0.15, 0.2) is 0 Å². The SMILES string of the molecule is CC.CC.NC1(CC(=O)N2CCC(CNC(=O)Nc3cc(C(F)(F)F)cc(C(F)(F)F)c3)CC2)CCCCC1. The number of nitrogens with zero attached hydrogens (tertiary/aromatic N) is 1. The van der Waals surface area contributed by atoms with Gasteiger partial charge in [0.05, 0.1) is 11.1 Å². The van der Waals surface area contributed by atoms with Crippen molar-refractivity contribution >= 4 is 17.6 Å². The summed E-state index contributed by atoms with van der Waals surface area (Å²) in [7, 11) is 0. The van der Waals surface area contributed by atoms with Crippen molar-refractivity contribution in [3.8, 4) is 0 Å². The zero-order valence-corrected chi connectivity index (χ0v) is 23.2. The molecule has 2 fully saturated rings. The number of rotatable bonds is 5. The van der Waals surface area contributed by atoms with E-state index in [1.165, 1.54) is 0 Å². The predicted octanol–water partition coefficient (Wildman–Crippen LogP) is 7.19. The number of hydrogen-bond donors (Lipinski definition) is 3. The van der Waals surface area contributed by atoms with Gasteiger partial charge in [-0.25, -0.2) is 4.79 Å². The number of carbonyl (C=O) groups excluding carboxylic acids is 2. The van der Waals surface area contributed by atoms with E-state index in [2.05, 4.69) is 10.6 Å². The summed E-state index contributed by atoms with van der Waals surface area (Å²) in [6.45, 7) is 9.19. The predicted molar refractivity (Wildman–Crippen MR) is 140 cm³/mol. The lowest BCUT2D eigenvalue weighted by molar-refractivity contribution is -0.143. The largest absolute Gasteiger partial charge is 0.416 e. The second kappa shape index (κ2) is 15.3. The van der Waals surface area contributed by atoms with Crippen LogP contribution >= 0.6 is 0 Å². The zero-order valence-electron chi connectivity index (χ0n) is 23.2. The molecule has 0 atom stereocenters. The fraction of sp³-hybridized carbons (Fsp3) is 0.704. The summed E-state index contributed by atoms with van der Waals surface area (Å²) in [6.07, 6.45) is -3.59. The number of hydrogen-bond acceptors (Lipinski definition) is 3. The average Bonchev–Trinajstić information content (AvgIpc) is 2.89. The van der Waals surface area contributed by atoms with Gasteiger partial charge < -0.3 is 21.3 Å². The van der Waals surface area contributed by atoms with Crippen LogP contribution in [0, 0.1) is 5.92 Å². The minimum atomic E-state index is -5.00. The molecule has 1 aromatic carbocycles. The molecule has 1 heterocycles. The molecule has 12 heteroatoms. The molecule has 224 valence electrons. The maximum atomic E-state index is 13.0. The summed E-state index contributed by atoms with van der Waals surface area (Å²) in [4.78, 5) is 26.6. The van der Waals surface area contributed by atoms with Crippen LogP contribution in [-0.4, -0.2) is 42.0 Å². The Balaban J connectivity index is 0.00000181. The first-order valence-electron chi connectivity index (χ1n) is 13.7. The quantitative estimate of drug-likeness (QED) is 0.329. The number of urea groups is 1. The molecule has 2 aliphatic rings. The van der Waals surface area contributed by atoms with E-state index in [4.69, 9.17) is 5.73 Å². The van der Waals surface area contributed by atoms with Crippen LogP contribution in [0.5, 0.6) is 0 Å². The van der Waals surface area contributed by atoms with Crippen molar-refractivity contribution in [2.24, 2.45) is 11.7 Å². The van der Waals surface area contributed by atoms with Crippen LogP contribution in [0.3, 0.4) is 0 Å². The number of nitrogens with one attached hydrogen (secondary N) is 2. The molecule has 1 saturated heterocycles. The second-order valence-corrected chi connectivity index (χ2v) is 9.55. The third-order valence-corrected chi connectivity index (χ3v) is 6.72. The summed E-state index contributed by atoms with van der Waals surface area (Å²) < 4.78 is 77.8. The van der Waals surface area contributed by atoms with Gasteiger partial charge in [0.2, 0.25) is 5.91 Å². The summed E-state index contributed by atoms with van der Waals surface area (Å²) in [5.41, 5.74) is 2.31. The lowest BCUT2D eigenvalue weighted by atomic mass is 9.80. The van der Waals surface area contributed by atoms with E-state index in [1.54, 1.807) is 4.90 Å². The van der Waals surface area contributed by atoms with E-state index in [-0.39, 0.29) is 24.4 Å². The van der Waals surface area contributed by atoms with Crippen LogP contribution in [0.1, 0.15) is 90.2 Å². The van der Waals surface area contributed by atoms with E-state index >= 15 is 0 Å². The Kier molecular flexibility index (Phi) is 13.6. The van der Waals surface area contributed by atoms with Crippen LogP contribution in [0.2, 0.25) is 0 Å². The maximum absolute atomic E-state index is 13.0. The number of piperidine rings is 1. The molecule has 39 heavy (non-hydrogen) atoms. The molecule has 0 aromatic heterocycles. The number of nitrogens with two attached hydrogens (primary N) is 1. The van der Waals surface area contributed by atoms with Gasteiger partial charge in [-0.05, 0) is 49.8 Å². The van der Waals surface area contributed by atoms with Gasteiger partial charge in [-0.3, -0.25) is 4.79 Å². The van der Waals surface area contributed by atoms with Gasteiger partial charge in [0.1, 0.15) is 0 Å². The van der Waals surface area contributed by atoms with Gasteiger partial charge in [0, 0.05) is 37.3 Å². The fourth-order valence-corrected chi connectivity index (χ4v) is 4.67. The monoisotopic (exact) mass is 568 g/mol. The summed E-state index contributed by atoms with van der Waals surface area (Å²) in [6, 6.07) is 0.00223. The Morgan fingerprint density at radius 2 is 1.38 bits per heavy atom. The lowest BCUT2D eigenvalue weighted by Crippen LogP contribution is -2.49. The molecule has 1 saturated carbocycles. The Hall–Kier alpha value is -2.50. The minimum absolute atomic E-state index is 0.00107. The molecular formula is C27H42F6N4O2. The normalized spacial score (nSPS) is 17.7. The molecule has 0 bridgehead atoms. The number of alkyl halides is 6. The lowest BCUT2D eigenvalue weighted by Gasteiger charge is -2.37. The standard InChI is InChI=1S/C23H30F6N4O2.2C2H6/c24-22(25,26)16-10-17(23(27,28)29)12-18(11-16)32-20(35)31-14-15-4-8-33(9-5-15)19(34)13-21(30)6-2-1-3-7-21;2*1-2/h10-12,15H,1-9,13-14,30H2,(H2,31,32,35);2*1-2H3. The number of benzene rings is 1. The highest BCUT2D eigenvalue weighted by molar-refractivity contribution is 5.89. The molecule has 1 aliphatic heterocycles. The Labute approximate surface area is 227 Å². The molecule has 6 nitrogen and oxygen atoms in total. The molecule has 3 amide bonds. The Morgan fingerprint density at radius 3 is 1.85 bits per heavy atom. The summed E-state index contributed by atoms with van der Waals surface area (Å²) in [5, 5.41) is 4.55. The van der Waals surface area contributed by atoms with Gasteiger partial charge in [-0.15, -0.1) is 0 Å². The molecule has 0 unspecified atom stereocenters. The molecule has 0 radical (unpaired) electrons. The fourth-order valence-electron chi connectivity index (χ4n) is 4.67. The molecule has 1 aliphatic carbocycles. The van der Waals surface area contributed by atoms with Crippen molar-refractivity contribution in [2.45, 2.75) is 97.0 Å². The van der Waals surface area contributed by atoms with E-state index < -0.39 is 40.7 Å². The third kappa shape index (κ3) is 11.3. The number of anilines is 1. The molecule has 1 aromatic rings. The van der Waals surface area contributed by atoms with Crippen LogP contribution < -0.4 is 16.4 Å². The first-order chi connectivity index (χ1) is 18.2. The van der Waals surface area contributed by atoms with Gasteiger partial charge in [-0.1, -0.05) is 47.0 Å². The third-order valence-electron chi connectivity index (χ3n) is 6.72. The van der Waals surface area contributed by atoms with Crippen LogP contribution in [-0.2, 0) is 17.1 Å². The zero-order chi connectivity index (χ0) is 29.9. The number of likely N-dealkylation sites (tertiary alicyclic amines) is 1. The summed E-state index contributed by atoms with van der Waals surface area (Å²) >= 11 is 0. The van der Waals surface area contributed by atoms with Crippen molar-refractivity contribution in [3.63, 3.8) is 0 Å². The van der Waals surface area contributed by atoms with Crippen LogP contribution in [0.15, 0.2) is 18.2 Å². The van der Waals surface area contributed by atoms with Crippen LogP contribution in [0.4, 0.5) is 36.8 Å². The minimum Gasteiger partial charge on any atom is -0.343 e. The molecule has 0 spiro atoms. The molecular weight excluding hydrogens is 526 g/mol. The van der Waals surface area contributed by atoms with Crippen molar-refractivity contribution in [1.29, 1.82) is 0 Å². The number of halogens is 6. The summed E-state index contributed by atoms with van der Waals surface area (Å²) in [5.74, 6) is 0.0436. The van der Waals surface area contributed by atoms with E-state index in [0.717, 1.165) is 32.1 Å². The van der Waals surface area contributed by atoms with Crippen LogP contribution in [0.25, 0.3) is 0 Å². The average molecular weight is 569 g/mol. The number of amides is 3. The van der Waals surface area contributed by atoms with Crippen molar-refractivity contribution < 1.29 is 35.9 Å². The highest BCUT2D eigenvalue weighted by Crippen LogP contribution is 2.37. The van der Waals surface area contributed by atoms with E-state index in [0.29, 0.717) is 44.5 Å². The highest BCUT2D eigenvalue weighted by atomic mass is 19.4. The Bertz CT molecular complexity index is 874. The highest BCUT2D eigenvalue weighted by Gasteiger charge is 2.37. The number of carbonyl (C=O) groups is 2. The topological polar surface area (TPSA) is 87.5 Å². The second-order valence-electron chi connectivity index (χ2n) is 9.55. The maximum Gasteiger partial charge on any atom is 0.416 e.